The number of methoxy groups -OCH3 is 1. The Morgan fingerprint density at radius 1 is 1.13 bits per heavy atom. The zero-order chi connectivity index (χ0) is 16.0. The maximum atomic E-state index is 13.1. The van der Waals surface area contributed by atoms with Gasteiger partial charge in [-0.2, -0.15) is 0 Å². The van der Waals surface area contributed by atoms with Crippen molar-refractivity contribution in [2.24, 2.45) is 28.9 Å². The largest absolute Gasteiger partial charge is 0.381 e. The van der Waals surface area contributed by atoms with Crippen LogP contribution in [0.2, 0.25) is 0 Å². The summed E-state index contributed by atoms with van der Waals surface area (Å²) in [4.78, 5) is 15.2. The number of likely N-dealkylation sites (tertiary alicyclic amines) is 1. The predicted octanol–water partition coefficient (Wildman–Crippen LogP) is 2.56. The summed E-state index contributed by atoms with van der Waals surface area (Å²) >= 11 is 0. The number of hydrogen-bond donors (Lipinski definition) is 1. The molecule has 1 amide bonds. The molecule has 0 spiro atoms. The van der Waals surface area contributed by atoms with Gasteiger partial charge in [-0.05, 0) is 74.5 Å². The lowest BCUT2D eigenvalue weighted by molar-refractivity contribution is -0.144. The highest BCUT2D eigenvalue weighted by Crippen LogP contribution is 2.61. The van der Waals surface area contributed by atoms with Crippen LogP contribution >= 0.6 is 0 Å². The highest BCUT2D eigenvalue weighted by atomic mass is 16.5. The highest BCUT2D eigenvalue weighted by molar-refractivity contribution is 5.77. The van der Waals surface area contributed by atoms with Crippen LogP contribution in [0.1, 0.15) is 57.8 Å². The van der Waals surface area contributed by atoms with Crippen molar-refractivity contribution in [1.29, 1.82) is 0 Å². The number of piperidine rings is 1. The average molecular weight is 320 g/mol. The third-order valence-corrected chi connectivity index (χ3v) is 7.28. The Morgan fingerprint density at radius 3 is 2.26 bits per heavy atom. The van der Waals surface area contributed by atoms with Crippen LogP contribution in [0.15, 0.2) is 0 Å². The smallest absolute Gasteiger partial charge is 0.223 e. The number of rotatable bonds is 4. The van der Waals surface area contributed by atoms with Gasteiger partial charge in [0.25, 0.3) is 0 Å². The fourth-order valence-corrected chi connectivity index (χ4v) is 6.71. The lowest BCUT2D eigenvalue weighted by Crippen LogP contribution is -2.54. The number of amides is 1. The Hall–Kier alpha value is -0.610. The van der Waals surface area contributed by atoms with Gasteiger partial charge >= 0.3 is 0 Å². The van der Waals surface area contributed by atoms with Crippen LogP contribution in [-0.4, -0.2) is 43.2 Å². The van der Waals surface area contributed by atoms with Crippen molar-refractivity contribution in [3.05, 3.63) is 0 Å². The molecule has 1 heterocycles. The molecule has 2 atom stereocenters. The average Bonchev–Trinajstić information content (AvgIpc) is 2.52. The molecule has 0 aromatic carbocycles. The zero-order valence-electron chi connectivity index (χ0n) is 14.5. The first-order valence-electron chi connectivity index (χ1n) is 9.63. The van der Waals surface area contributed by atoms with Crippen LogP contribution in [0.3, 0.4) is 0 Å². The molecule has 0 aromatic rings. The van der Waals surface area contributed by atoms with Gasteiger partial charge in [0.15, 0.2) is 0 Å². The topological polar surface area (TPSA) is 55.6 Å². The second kappa shape index (κ2) is 6.03. The van der Waals surface area contributed by atoms with Crippen LogP contribution in [0.25, 0.3) is 0 Å². The van der Waals surface area contributed by atoms with Crippen molar-refractivity contribution >= 4 is 5.91 Å². The van der Waals surface area contributed by atoms with Crippen LogP contribution in [0.5, 0.6) is 0 Å². The van der Waals surface area contributed by atoms with Crippen LogP contribution in [0, 0.1) is 23.2 Å². The fourth-order valence-electron chi connectivity index (χ4n) is 6.71. The van der Waals surface area contributed by atoms with E-state index in [-0.39, 0.29) is 12.1 Å². The Kier molecular flexibility index (Phi) is 4.17. The van der Waals surface area contributed by atoms with Crippen molar-refractivity contribution in [2.45, 2.75) is 69.9 Å². The van der Waals surface area contributed by atoms with Gasteiger partial charge in [-0.1, -0.05) is 0 Å². The van der Waals surface area contributed by atoms with Crippen molar-refractivity contribution in [3.8, 4) is 0 Å². The van der Waals surface area contributed by atoms with Crippen LogP contribution in [-0.2, 0) is 9.53 Å². The second-order valence-corrected chi connectivity index (χ2v) is 8.95. The van der Waals surface area contributed by atoms with Gasteiger partial charge in [0, 0.05) is 32.7 Å². The number of nitrogens with two attached hydrogens (primary N) is 1. The summed E-state index contributed by atoms with van der Waals surface area (Å²) in [5.74, 6) is 3.12. The Bertz CT molecular complexity index is 429. The molecule has 5 rings (SSSR count). The Labute approximate surface area is 140 Å². The standard InChI is InChI=1S/C19H32N2O2/c1-23-17-2-3-21(16(7-17)12-20)18(22)11-19-8-13-4-14(9-19)6-15(5-13)10-19/h13-17H,2-12,20H2,1H3. The minimum Gasteiger partial charge on any atom is -0.381 e. The van der Waals surface area contributed by atoms with Gasteiger partial charge in [-0.3, -0.25) is 4.79 Å². The van der Waals surface area contributed by atoms with Crippen LogP contribution in [0.4, 0.5) is 0 Å². The zero-order valence-corrected chi connectivity index (χ0v) is 14.5. The molecule has 4 bridgehead atoms. The van der Waals surface area contributed by atoms with E-state index in [0.29, 0.717) is 17.9 Å². The minimum atomic E-state index is 0.176. The normalized spacial score (nSPS) is 45.5. The van der Waals surface area contributed by atoms with E-state index >= 15 is 0 Å². The number of hydrogen-bond acceptors (Lipinski definition) is 3. The molecule has 2 N–H and O–H groups in total. The van der Waals surface area contributed by atoms with E-state index in [4.69, 9.17) is 10.5 Å². The Morgan fingerprint density at radius 2 is 1.74 bits per heavy atom. The molecule has 4 nitrogen and oxygen atoms in total. The fraction of sp³-hybridized carbons (Fsp3) is 0.947. The molecule has 1 saturated heterocycles. The van der Waals surface area contributed by atoms with E-state index in [1.54, 1.807) is 7.11 Å². The third kappa shape index (κ3) is 2.93. The summed E-state index contributed by atoms with van der Waals surface area (Å²) in [6.07, 6.45) is 11.2. The summed E-state index contributed by atoms with van der Waals surface area (Å²) in [5.41, 5.74) is 6.30. The maximum Gasteiger partial charge on any atom is 0.223 e. The lowest BCUT2D eigenvalue weighted by Gasteiger charge is -2.57. The van der Waals surface area contributed by atoms with E-state index in [0.717, 1.165) is 43.6 Å². The molecule has 0 radical (unpaired) electrons. The molecule has 1 aliphatic heterocycles. The summed E-state index contributed by atoms with van der Waals surface area (Å²) in [7, 11) is 1.77. The van der Waals surface area contributed by atoms with Gasteiger partial charge in [0.05, 0.1) is 6.10 Å². The third-order valence-electron chi connectivity index (χ3n) is 7.28. The second-order valence-electron chi connectivity index (χ2n) is 8.95. The monoisotopic (exact) mass is 320 g/mol. The molecule has 4 heteroatoms. The van der Waals surface area contributed by atoms with Crippen molar-refractivity contribution in [2.75, 3.05) is 20.2 Å². The van der Waals surface area contributed by atoms with E-state index < -0.39 is 0 Å². The summed E-state index contributed by atoms with van der Waals surface area (Å²) in [5, 5.41) is 0. The summed E-state index contributed by atoms with van der Waals surface area (Å²) in [6.45, 7) is 1.39. The molecule has 2 unspecified atom stereocenters. The molecule has 5 aliphatic rings. The molecule has 130 valence electrons. The minimum absolute atomic E-state index is 0.176. The predicted molar refractivity (Wildman–Crippen MR) is 89.8 cm³/mol. The van der Waals surface area contributed by atoms with E-state index in [1.807, 2.05) is 0 Å². The number of nitrogens with zero attached hydrogens (tertiary/aromatic N) is 1. The molecule has 0 aromatic heterocycles. The number of ether oxygens (including phenoxy) is 1. The number of carbonyl (C=O) groups excluding carboxylic acids is 1. The first-order chi connectivity index (χ1) is 11.1. The van der Waals surface area contributed by atoms with E-state index in [9.17, 15) is 4.79 Å². The summed E-state index contributed by atoms with van der Waals surface area (Å²) in [6, 6.07) is 0.176. The molecule has 4 saturated carbocycles. The van der Waals surface area contributed by atoms with Crippen molar-refractivity contribution in [1.82, 2.24) is 4.90 Å². The molecule has 4 aliphatic carbocycles. The molecule has 5 fully saturated rings. The highest BCUT2D eigenvalue weighted by Gasteiger charge is 2.52. The first kappa shape index (κ1) is 15.9. The molecular weight excluding hydrogens is 288 g/mol. The van der Waals surface area contributed by atoms with Gasteiger partial charge in [-0.15, -0.1) is 0 Å². The lowest BCUT2D eigenvalue weighted by atomic mass is 9.49. The Balaban J connectivity index is 1.43. The van der Waals surface area contributed by atoms with Crippen molar-refractivity contribution < 1.29 is 9.53 Å². The van der Waals surface area contributed by atoms with E-state index in [2.05, 4.69) is 4.90 Å². The number of carbonyl (C=O) groups is 1. The first-order valence-corrected chi connectivity index (χ1v) is 9.63. The maximum absolute atomic E-state index is 13.1. The van der Waals surface area contributed by atoms with Gasteiger partial charge in [0.2, 0.25) is 5.91 Å². The van der Waals surface area contributed by atoms with Crippen molar-refractivity contribution in [3.63, 3.8) is 0 Å². The molecule has 23 heavy (non-hydrogen) atoms. The quantitative estimate of drug-likeness (QED) is 0.866. The summed E-state index contributed by atoms with van der Waals surface area (Å²) < 4.78 is 5.49. The SMILES string of the molecule is COC1CCN(C(=O)CC23CC4CC(CC(C4)C2)C3)C(CN)C1. The van der Waals surface area contributed by atoms with Gasteiger partial charge in [-0.25, -0.2) is 0 Å². The van der Waals surface area contributed by atoms with Crippen LogP contribution < -0.4 is 5.73 Å². The van der Waals surface area contributed by atoms with Gasteiger partial charge < -0.3 is 15.4 Å². The molecular formula is C19H32N2O2. The van der Waals surface area contributed by atoms with E-state index in [1.165, 1.54) is 38.5 Å². The van der Waals surface area contributed by atoms with Gasteiger partial charge in [0.1, 0.15) is 0 Å².